The van der Waals surface area contributed by atoms with Crippen LogP contribution in [0.2, 0.25) is 0 Å². The van der Waals surface area contributed by atoms with Crippen molar-refractivity contribution in [2.45, 2.75) is 33.6 Å². The fourth-order valence-electron chi connectivity index (χ4n) is 2.62. The van der Waals surface area contributed by atoms with E-state index in [4.69, 9.17) is 19.2 Å². The fraction of sp³-hybridized carbons (Fsp3) is 0.944. The molecule has 24 heavy (non-hydrogen) atoms. The summed E-state index contributed by atoms with van der Waals surface area (Å²) in [6.07, 6.45) is 2.27. The average molecular weight is 344 g/mol. The lowest BCUT2D eigenvalue weighted by molar-refractivity contribution is 0.0536. The van der Waals surface area contributed by atoms with Crippen molar-refractivity contribution in [2.24, 2.45) is 16.8 Å². The molecule has 0 spiro atoms. The Morgan fingerprint density at radius 1 is 1.21 bits per heavy atom. The number of rotatable bonds is 12. The third-order valence-electron chi connectivity index (χ3n) is 4.04. The van der Waals surface area contributed by atoms with E-state index in [9.17, 15) is 0 Å². The van der Waals surface area contributed by atoms with Crippen molar-refractivity contribution < 1.29 is 14.2 Å². The third-order valence-corrected chi connectivity index (χ3v) is 4.04. The monoisotopic (exact) mass is 343 g/mol. The molecule has 1 unspecified atom stereocenters. The van der Waals surface area contributed by atoms with Crippen molar-refractivity contribution >= 4 is 5.96 Å². The van der Waals surface area contributed by atoms with Crippen LogP contribution >= 0.6 is 0 Å². The van der Waals surface area contributed by atoms with Gasteiger partial charge < -0.3 is 24.4 Å². The van der Waals surface area contributed by atoms with Gasteiger partial charge in [-0.15, -0.1) is 0 Å². The van der Waals surface area contributed by atoms with Crippen LogP contribution in [0.15, 0.2) is 4.99 Å². The molecule has 0 aliphatic carbocycles. The largest absolute Gasteiger partial charge is 0.382 e. The number of nitrogens with zero attached hydrogens (tertiary/aromatic N) is 2. The quantitative estimate of drug-likeness (QED) is 0.334. The van der Waals surface area contributed by atoms with Gasteiger partial charge in [0.1, 0.15) is 0 Å². The second-order valence-electron chi connectivity index (χ2n) is 6.70. The summed E-state index contributed by atoms with van der Waals surface area (Å²) in [5, 5.41) is 3.39. The van der Waals surface area contributed by atoms with Crippen LogP contribution in [0.4, 0.5) is 0 Å². The van der Waals surface area contributed by atoms with Gasteiger partial charge in [0.05, 0.1) is 33.0 Å². The Morgan fingerprint density at radius 3 is 2.75 bits per heavy atom. The lowest BCUT2D eigenvalue weighted by Gasteiger charge is -2.21. The topological polar surface area (TPSA) is 55.3 Å². The predicted octanol–water partition coefficient (Wildman–Crippen LogP) is 2.00. The fourth-order valence-corrected chi connectivity index (χ4v) is 2.62. The smallest absolute Gasteiger partial charge is 0.194 e. The Bertz CT molecular complexity index is 337. The average Bonchev–Trinajstić information content (AvgIpc) is 3.02. The lowest BCUT2D eigenvalue weighted by Crippen LogP contribution is -2.40. The Hall–Kier alpha value is -0.850. The number of likely N-dealkylation sites (tertiary alicyclic amines) is 1. The first-order valence-corrected chi connectivity index (χ1v) is 9.35. The Morgan fingerprint density at radius 2 is 2.04 bits per heavy atom. The van der Waals surface area contributed by atoms with Crippen LogP contribution in [0.3, 0.4) is 0 Å². The maximum Gasteiger partial charge on any atom is 0.194 e. The first-order valence-electron chi connectivity index (χ1n) is 9.35. The summed E-state index contributed by atoms with van der Waals surface area (Å²) in [4.78, 5) is 7.04. The minimum Gasteiger partial charge on any atom is -0.382 e. The summed E-state index contributed by atoms with van der Waals surface area (Å²) in [7, 11) is 1.70. The molecule has 1 atom stereocenters. The van der Waals surface area contributed by atoms with Crippen molar-refractivity contribution in [1.29, 1.82) is 0 Å². The zero-order valence-corrected chi connectivity index (χ0v) is 16.1. The molecule has 0 aromatic carbocycles. The molecular weight excluding hydrogens is 306 g/mol. The molecule has 0 amide bonds. The van der Waals surface area contributed by atoms with E-state index in [2.05, 4.69) is 31.0 Å². The number of methoxy groups -OCH3 is 1. The summed E-state index contributed by atoms with van der Waals surface area (Å²) in [6, 6.07) is 0. The molecule has 142 valence electrons. The van der Waals surface area contributed by atoms with Gasteiger partial charge in [0.15, 0.2) is 5.96 Å². The standard InChI is InChI=1S/C18H37N3O3/c1-5-19-18(20-8-11-23-10-7-16(2)3)21-9-6-17(14-21)15-24-13-12-22-4/h16-17H,5-15H2,1-4H3,(H,19,20). The van der Waals surface area contributed by atoms with Gasteiger partial charge in [-0.1, -0.05) is 13.8 Å². The molecule has 1 aliphatic rings. The van der Waals surface area contributed by atoms with Gasteiger partial charge in [-0.25, -0.2) is 0 Å². The van der Waals surface area contributed by atoms with Gasteiger partial charge in [0.2, 0.25) is 0 Å². The van der Waals surface area contributed by atoms with Crippen LogP contribution in [0.5, 0.6) is 0 Å². The molecule has 1 heterocycles. The van der Waals surface area contributed by atoms with Crippen LogP contribution in [-0.2, 0) is 14.2 Å². The third kappa shape index (κ3) is 9.45. The van der Waals surface area contributed by atoms with Crippen molar-refractivity contribution in [1.82, 2.24) is 10.2 Å². The summed E-state index contributed by atoms with van der Waals surface area (Å²) in [5.41, 5.74) is 0. The van der Waals surface area contributed by atoms with Gasteiger partial charge >= 0.3 is 0 Å². The minimum atomic E-state index is 0.577. The molecule has 1 rings (SSSR count). The molecule has 1 aliphatic heterocycles. The molecular formula is C18H37N3O3. The van der Waals surface area contributed by atoms with E-state index >= 15 is 0 Å². The SMILES string of the molecule is CCNC(=NCCOCCC(C)C)N1CCC(COCCOC)C1. The maximum atomic E-state index is 5.66. The number of nitrogens with one attached hydrogen (secondary N) is 1. The molecule has 6 heteroatoms. The first kappa shape index (κ1) is 21.2. The van der Waals surface area contributed by atoms with E-state index in [0.29, 0.717) is 38.2 Å². The number of aliphatic imine (C=N–C) groups is 1. The molecule has 0 radical (unpaired) electrons. The zero-order chi connectivity index (χ0) is 17.6. The Balaban J connectivity index is 2.27. The van der Waals surface area contributed by atoms with Crippen molar-refractivity contribution in [3.05, 3.63) is 0 Å². The van der Waals surface area contributed by atoms with Crippen LogP contribution in [-0.4, -0.2) is 77.2 Å². The predicted molar refractivity (Wildman–Crippen MR) is 98.6 cm³/mol. The number of ether oxygens (including phenoxy) is 3. The zero-order valence-electron chi connectivity index (χ0n) is 16.1. The van der Waals surface area contributed by atoms with Crippen LogP contribution in [0.1, 0.15) is 33.6 Å². The number of hydrogen-bond donors (Lipinski definition) is 1. The Kier molecular flexibility index (Phi) is 11.9. The van der Waals surface area contributed by atoms with E-state index in [1.165, 1.54) is 0 Å². The van der Waals surface area contributed by atoms with Gasteiger partial charge in [-0.2, -0.15) is 0 Å². The highest BCUT2D eigenvalue weighted by atomic mass is 16.5. The van der Waals surface area contributed by atoms with Crippen molar-refractivity contribution in [3.8, 4) is 0 Å². The van der Waals surface area contributed by atoms with Crippen LogP contribution < -0.4 is 5.32 Å². The van der Waals surface area contributed by atoms with Crippen molar-refractivity contribution in [3.63, 3.8) is 0 Å². The summed E-state index contributed by atoms with van der Waals surface area (Å²) in [5.74, 6) is 2.27. The molecule has 6 nitrogen and oxygen atoms in total. The highest BCUT2D eigenvalue weighted by Crippen LogP contribution is 2.16. The summed E-state index contributed by atoms with van der Waals surface area (Å²) >= 11 is 0. The van der Waals surface area contributed by atoms with E-state index in [1.807, 2.05) is 0 Å². The highest BCUT2D eigenvalue weighted by molar-refractivity contribution is 5.80. The van der Waals surface area contributed by atoms with Crippen LogP contribution in [0, 0.1) is 11.8 Å². The molecule has 0 aromatic rings. The Labute approximate surface area is 147 Å². The van der Waals surface area contributed by atoms with Gasteiger partial charge in [-0.05, 0) is 25.7 Å². The molecule has 1 saturated heterocycles. The summed E-state index contributed by atoms with van der Waals surface area (Å²) < 4.78 is 16.3. The summed E-state index contributed by atoms with van der Waals surface area (Å²) in [6.45, 7) is 13.9. The lowest BCUT2D eigenvalue weighted by atomic mass is 10.1. The second kappa shape index (κ2) is 13.4. The van der Waals surface area contributed by atoms with Gasteiger partial charge in [-0.3, -0.25) is 4.99 Å². The van der Waals surface area contributed by atoms with Crippen LogP contribution in [0.25, 0.3) is 0 Å². The maximum absolute atomic E-state index is 5.66. The minimum absolute atomic E-state index is 0.577. The second-order valence-corrected chi connectivity index (χ2v) is 6.70. The number of guanidine groups is 1. The van der Waals surface area contributed by atoms with E-state index in [1.54, 1.807) is 7.11 Å². The molecule has 0 saturated carbocycles. The first-order chi connectivity index (χ1) is 11.7. The normalized spacial score (nSPS) is 18.6. The molecule has 1 fully saturated rings. The molecule has 0 bridgehead atoms. The van der Waals surface area contributed by atoms with Gasteiger partial charge in [0.25, 0.3) is 0 Å². The van der Waals surface area contributed by atoms with Crippen molar-refractivity contribution in [2.75, 3.05) is 66.3 Å². The van der Waals surface area contributed by atoms with E-state index in [0.717, 1.165) is 51.6 Å². The molecule has 1 N–H and O–H groups in total. The van der Waals surface area contributed by atoms with Gasteiger partial charge in [0, 0.05) is 39.3 Å². The number of hydrogen-bond acceptors (Lipinski definition) is 4. The highest BCUT2D eigenvalue weighted by Gasteiger charge is 2.24. The van der Waals surface area contributed by atoms with E-state index < -0.39 is 0 Å². The van der Waals surface area contributed by atoms with E-state index in [-0.39, 0.29) is 0 Å². The molecule has 0 aromatic heterocycles.